The number of benzene rings is 1. The molecule has 1 aromatic rings. The summed E-state index contributed by atoms with van der Waals surface area (Å²) in [6.07, 6.45) is 15.9. The van der Waals surface area contributed by atoms with E-state index in [1.54, 1.807) is 5.57 Å². The number of fused-ring (bicyclic) bond motifs is 5. The average Bonchev–Trinajstić information content (AvgIpc) is 3.23. The Morgan fingerprint density at radius 2 is 1.70 bits per heavy atom. The highest BCUT2D eigenvalue weighted by Crippen LogP contribution is 2.67. The van der Waals surface area contributed by atoms with Crippen molar-refractivity contribution < 1.29 is 14.3 Å². The normalized spacial score (nSPS) is 35.8. The minimum atomic E-state index is -0.562. The van der Waals surface area contributed by atoms with Gasteiger partial charge in [0, 0.05) is 9.99 Å². The number of allylic oxidation sites excluding steroid dienone is 1. The molecule has 0 saturated heterocycles. The fraction of sp³-hybridized carbons (Fsp3) is 0.735. The van der Waals surface area contributed by atoms with E-state index in [1.807, 2.05) is 12.1 Å². The first-order chi connectivity index (χ1) is 18.9. The molecular formula is C34H47I3O3. The molecule has 3 fully saturated rings. The fourth-order valence-corrected chi connectivity index (χ4v) is 13.4. The van der Waals surface area contributed by atoms with Crippen LogP contribution in [0.15, 0.2) is 23.8 Å². The highest BCUT2D eigenvalue weighted by Gasteiger charge is 2.59. The van der Waals surface area contributed by atoms with E-state index < -0.39 is 6.16 Å². The minimum absolute atomic E-state index is 0.0843. The zero-order chi connectivity index (χ0) is 28.8. The first kappa shape index (κ1) is 31.8. The largest absolute Gasteiger partial charge is 0.514 e. The van der Waals surface area contributed by atoms with E-state index in [9.17, 15) is 4.79 Å². The van der Waals surface area contributed by atoms with E-state index in [0.717, 1.165) is 65.5 Å². The topological polar surface area (TPSA) is 35.5 Å². The highest BCUT2D eigenvalue weighted by molar-refractivity contribution is 14.1. The van der Waals surface area contributed by atoms with Crippen molar-refractivity contribution in [2.75, 3.05) is 0 Å². The zero-order valence-electron chi connectivity index (χ0n) is 24.9. The number of halogens is 3. The van der Waals surface area contributed by atoms with Gasteiger partial charge in [0.25, 0.3) is 0 Å². The number of rotatable bonds is 7. The molecular weight excluding hydrogens is 837 g/mol. The lowest BCUT2D eigenvalue weighted by atomic mass is 9.47. The van der Waals surface area contributed by atoms with Crippen molar-refractivity contribution in [2.45, 2.75) is 111 Å². The summed E-state index contributed by atoms with van der Waals surface area (Å²) in [5.74, 6) is 5.68. The molecule has 6 heteroatoms. The van der Waals surface area contributed by atoms with Crippen molar-refractivity contribution in [3.63, 3.8) is 0 Å². The van der Waals surface area contributed by atoms with E-state index in [1.165, 1.54) is 51.4 Å². The summed E-state index contributed by atoms with van der Waals surface area (Å²) >= 11 is 6.75. The zero-order valence-corrected chi connectivity index (χ0v) is 31.4. The minimum Gasteiger partial charge on any atom is -0.430 e. The summed E-state index contributed by atoms with van der Waals surface area (Å²) in [6.45, 7) is 12.5. The first-order valence-corrected chi connectivity index (χ1v) is 18.9. The van der Waals surface area contributed by atoms with Crippen LogP contribution < -0.4 is 4.74 Å². The van der Waals surface area contributed by atoms with Crippen LogP contribution in [0, 0.1) is 57.0 Å². The van der Waals surface area contributed by atoms with Crippen LogP contribution >= 0.6 is 67.8 Å². The highest BCUT2D eigenvalue weighted by atomic mass is 127. The predicted octanol–water partition coefficient (Wildman–Crippen LogP) is 11.4. The van der Waals surface area contributed by atoms with Gasteiger partial charge in [-0.25, -0.2) is 4.79 Å². The molecule has 4 aliphatic rings. The molecule has 1 aromatic carbocycles. The Hall–Kier alpha value is 0.420. The molecule has 5 rings (SSSR count). The number of hydrogen-bond donors (Lipinski definition) is 0. The van der Waals surface area contributed by atoms with E-state index in [0.29, 0.717) is 11.2 Å². The van der Waals surface area contributed by atoms with Crippen molar-refractivity contribution >= 4 is 73.9 Å². The maximum atomic E-state index is 12.8. The van der Waals surface area contributed by atoms with Crippen LogP contribution in [-0.2, 0) is 4.74 Å². The molecule has 8 atom stereocenters. The van der Waals surface area contributed by atoms with Crippen LogP contribution in [0.5, 0.6) is 5.75 Å². The van der Waals surface area contributed by atoms with E-state index in [-0.39, 0.29) is 11.5 Å². The number of carbonyl (C=O) groups is 1. The Morgan fingerprint density at radius 3 is 2.40 bits per heavy atom. The van der Waals surface area contributed by atoms with Crippen molar-refractivity contribution in [1.29, 1.82) is 0 Å². The van der Waals surface area contributed by atoms with Crippen LogP contribution in [0.3, 0.4) is 0 Å². The molecule has 0 heterocycles. The van der Waals surface area contributed by atoms with Crippen LogP contribution in [0.4, 0.5) is 4.79 Å². The van der Waals surface area contributed by atoms with Gasteiger partial charge in [0.1, 0.15) is 6.10 Å². The number of ether oxygens (including phenoxy) is 2. The fourth-order valence-electron chi connectivity index (χ4n) is 9.62. The molecule has 3 unspecified atom stereocenters. The molecule has 0 aliphatic heterocycles. The molecule has 222 valence electrons. The van der Waals surface area contributed by atoms with Crippen LogP contribution in [0.2, 0.25) is 0 Å². The molecule has 0 spiro atoms. The van der Waals surface area contributed by atoms with Gasteiger partial charge in [-0.2, -0.15) is 0 Å². The van der Waals surface area contributed by atoms with Gasteiger partial charge in [0.05, 0.1) is 7.14 Å². The monoisotopic (exact) mass is 884 g/mol. The van der Waals surface area contributed by atoms with Gasteiger partial charge in [-0.05, 0) is 171 Å². The molecule has 0 amide bonds. The quantitative estimate of drug-likeness (QED) is 0.118. The lowest BCUT2D eigenvalue weighted by Gasteiger charge is -2.58. The van der Waals surface area contributed by atoms with Crippen molar-refractivity contribution in [2.24, 2.45) is 46.3 Å². The third-order valence-electron chi connectivity index (χ3n) is 11.7. The predicted molar refractivity (Wildman–Crippen MR) is 189 cm³/mol. The maximum absolute atomic E-state index is 12.8. The Morgan fingerprint density at radius 1 is 0.975 bits per heavy atom. The Labute approximate surface area is 283 Å². The summed E-state index contributed by atoms with van der Waals surface area (Å²) in [4.78, 5) is 12.8. The molecule has 0 aromatic heterocycles. The van der Waals surface area contributed by atoms with Gasteiger partial charge in [-0.15, -0.1) is 0 Å². The lowest BCUT2D eigenvalue weighted by Crippen LogP contribution is -2.51. The second-order valence-corrected chi connectivity index (χ2v) is 17.9. The average molecular weight is 884 g/mol. The van der Waals surface area contributed by atoms with Gasteiger partial charge in [-0.3, -0.25) is 0 Å². The van der Waals surface area contributed by atoms with E-state index in [2.05, 4.69) is 108 Å². The summed E-state index contributed by atoms with van der Waals surface area (Å²) in [7, 11) is 0. The van der Waals surface area contributed by atoms with Crippen molar-refractivity contribution in [3.05, 3.63) is 34.5 Å². The third-order valence-corrected chi connectivity index (χ3v) is 13.9. The Balaban J connectivity index is 1.23. The van der Waals surface area contributed by atoms with Gasteiger partial charge in [-0.1, -0.05) is 65.5 Å². The van der Waals surface area contributed by atoms with E-state index >= 15 is 0 Å². The van der Waals surface area contributed by atoms with Crippen LogP contribution in [0.1, 0.15) is 105 Å². The van der Waals surface area contributed by atoms with Crippen molar-refractivity contribution in [3.8, 4) is 5.75 Å². The molecule has 3 saturated carbocycles. The third kappa shape index (κ3) is 6.30. The van der Waals surface area contributed by atoms with Crippen LogP contribution in [-0.4, -0.2) is 12.3 Å². The molecule has 3 nitrogen and oxygen atoms in total. The first-order valence-electron chi connectivity index (χ1n) is 15.6. The second kappa shape index (κ2) is 12.8. The number of carbonyl (C=O) groups excluding carboxylic acids is 1. The standard InChI is InChI=1S/C34H47I3O3/c1-20(2)7-6-8-21(3)26-11-12-27-25-10-9-22-17-24(13-15-33(22,4)28(25)14-16-34(26,27)5)39-32(38)40-31-29(36)18-23(35)19-30(31)37/h9,18-21,24-28H,6-8,10-17H2,1-5H3/t21-,24+,25?,26-,27?,28?,33+,34-/m1/s1. The Kier molecular flexibility index (Phi) is 10.2. The summed E-state index contributed by atoms with van der Waals surface area (Å²) < 4.78 is 14.6. The lowest BCUT2D eigenvalue weighted by molar-refractivity contribution is -0.0597. The second-order valence-electron chi connectivity index (χ2n) is 14.3. The van der Waals surface area contributed by atoms with Gasteiger partial charge >= 0.3 is 6.16 Å². The summed E-state index contributed by atoms with van der Waals surface area (Å²) in [5, 5.41) is 0. The molecule has 0 N–H and O–H groups in total. The van der Waals surface area contributed by atoms with Crippen molar-refractivity contribution in [1.82, 2.24) is 0 Å². The van der Waals surface area contributed by atoms with Gasteiger partial charge < -0.3 is 9.47 Å². The smallest absolute Gasteiger partial charge is 0.430 e. The maximum Gasteiger partial charge on any atom is 0.514 e. The Bertz CT molecular complexity index is 1110. The summed E-state index contributed by atoms with van der Waals surface area (Å²) in [6, 6.07) is 4.05. The molecule has 0 radical (unpaired) electrons. The summed E-state index contributed by atoms with van der Waals surface area (Å²) in [5.41, 5.74) is 2.33. The number of hydrogen-bond acceptors (Lipinski definition) is 3. The molecule has 40 heavy (non-hydrogen) atoms. The van der Waals surface area contributed by atoms with Crippen LogP contribution in [0.25, 0.3) is 0 Å². The van der Waals surface area contributed by atoms with E-state index in [4.69, 9.17) is 9.47 Å². The molecule has 4 aliphatic carbocycles. The molecule has 0 bridgehead atoms. The van der Waals surface area contributed by atoms with Gasteiger partial charge in [0.2, 0.25) is 0 Å². The van der Waals surface area contributed by atoms with Gasteiger partial charge in [0.15, 0.2) is 5.75 Å². The SMILES string of the molecule is CC(C)CCC[C@@H](C)[C@H]1CCC2C3CC=C4C[C@@H](OC(=O)Oc5c(I)cc(I)cc5I)CC[C@]4(C)C3CC[C@@]21C.